The SMILES string of the molecule is Nc1ccc(C#CCC=O)c2ccccc12. The number of hydrogen-bond donors (Lipinski definition) is 1. The zero-order valence-electron chi connectivity index (χ0n) is 8.73. The zero-order valence-corrected chi connectivity index (χ0v) is 8.73. The second-order valence-electron chi connectivity index (χ2n) is 3.42. The van der Waals surface area contributed by atoms with Gasteiger partial charge < -0.3 is 10.5 Å². The van der Waals surface area contributed by atoms with Gasteiger partial charge >= 0.3 is 0 Å². The van der Waals surface area contributed by atoms with E-state index >= 15 is 0 Å². The van der Waals surface area contributed by atoms with Crippen LogP contribution in [0.3, 0.4) is 0 Å². The van der Waals surface area contributed by atoms with E-state index in [1.807, 2.05) is 36.4 Å². The van der Waals surface area contributed by atoms with Crippen molar-refractivity contribution in [3.05, 3.63) is 42.0 Å². The molecule has 0 bridgehead atoms. The maximum absolute atomic E-state index is 10.2. The molecule has 0 saturated carbocycles. The van der Waals surface area contributed by atoms with Crippen LogP contribution in [0.25, 0.3) is 10.8 Å². The summed E-state index contributed by atoms with van der Waals surface area (Å²) in [4.78, 5) is 10.2. The van der Waals surface area contributed by atoms with Crippen molar-refractivity contribution in [3.8, 4) is 11.8 Å². The Hall–Kier alpha value is -2.27. The predicted octanol–water partition coefficient (Wildman–Crippen LogP) is 2.36. The highest BCUT2D eigenvalue weighted by atomic mass is 16.1. The average Bonchev–Trinajstić information content (AvgIpc) is 2.33. The summed E-state index contributed by atoms with van der Waals surface area (Å²) in [7, 11) is 0. The lowest BCUT2D eigenvalue weighted by atomic mass is 10.0. The van der Waals surface area contributed by atoms with Gasteiger partial charge in [0.05, 0.1) is 6.42 Å². The molecule has 0 aliphatic heterocycles. The van der Waals surface area contributed by atoms with Crippen molar-refractivity contribution in [2.45, 2.75) is 6.42 Å². The van der Waals surface area contributed by atoms with Gasteiger partial charge in [-0.2, -0.15) is 0 Å². The summed E-state index contributed by atoms with van der Waals surface area (Å²) in [5.74, 6) is 5.78. The smallest absolute Gasteiger partial charge is 0.131 e. The Morgan fingerprint density at radius 1 is 1.12 bits per heavy atom. The van der Waals surface area contributed by atoms with Crippen molar-refractivity contribution in [1.29, 1.82) is 0 Å². The van der Waals surface area contributed by atoms with Gasteiger partial charge in [-0.15, -0.1) is 0 Å². The van der Waals surface area contributed by atoms with Crippen molar-refractivity contribution in [2.75, 3.05) is 5.73 Å². The maximum Gasteiger partial charge on any atom is 0.131 e. The molecule has 0 unspecified atom stereocenters. The number of fused-ring (bicyclic) bond motifs is 1. The molecule has 0 radical (unpaired) electrons. The fraction of sp³-hybridized carbons (Fsp3) is 0.0714. The van der Waals surface area contributed by atoms with Crippen molar-refractivity contribution >= 4 is 22.7 Å². The summed E-state index contributed by atoms with van der Waals surface area (Å²) >= 11 is 0. The fourth-order valence-electron chi connectivity index (χ4n) is 1.62. The van der Waals surface area contributed by atoms with Crippen LogP contribution in [0.5, 0.6) is 0 Å². The highest BCUT2D eigenvalue weighted by Gasteiger charge is 2.00. The number of anilines is 1. The zero-order chi connectivity index (χ0) is 11.4. The summed E-state index contributed by atoms with van der Waals surface area (Å²) in [6, 6.07) is 11.6. The van der Waals surface area contributed by atoms with Gasteiger partial charge in [0.2, 0.25) is 0 Å². The van der Waals surface area contributed by atoms with Crippen molar-refractivity contribution < 1.29 is 4.79 Å². The monoisotopic (exact) mass is 209 g/mol. The molecule has 0 aliphatic rings. The Morgan fingerprint density at radius 3 is 2.62 bits per heavy atom. The number of rotatable bonds is 1. The summed E-state index contributed by atoms with van der Waals surface area (Å²) < 4.78 is 0. The van der Waals surface area contributed by atoms with E-state index in [2.05, 4.69) is 11.8 Å². The molecule has 16 heavy (non-hydrogen) atoms. The van der Waals surface area contributed by atoms with Gasteiger partial charge in [-0.3, -0.25) is 0 Å². The molecule has 2 nitrogen and oxygen atoms in total. The average molecular weight is 209 g/mol. The third-order valence-electron chi connectivity index (χ3n) is 2.37. The van der Waals surface area contributed by atoms with E-state index < -0.39 is 0 Å². The molecular formula is C14H11NO. The number of carbonyl (C=O) groups excluding carboxylic acids is 1. The van der Waals surface area contributed by atoms with E-state index in [1.54, 1.807) is 0 Å². The Kier molecular flexibility index (Phi) is 2.88. The molecular weight excluding hydrogens is 198 g/mol. The van der Waals surface area contributed by atoms with Crippen molar-refractivity contribution in [1.82, 2.24) is 0 Å². The second kappa shape index (κ2) is 4.50. The first-order chi connectivity index (χ1) is 7.83. The minimum Gasteiger partial charge on any atom is -0.398 e. The standard InChI is InChI=1S/C14H11NO/c15-14-9-8-11(5-3-4-10-16)12-6-1-2-7-13(12)14/h1-2,6-10H,4,15H2. The van der Waals surface area contributed by atoms with Crippen LogP contribution in [0.4, 0.5) is 5.69 Å². The fourth-order valence-corrected chi connectivity index (χ4v) is 1.62. The molecule has 0 spiro atoms. The number of nitrogen functional groups attached to an aromatic ring is 1. The van der Waals surface area contributed by atoms with Crippen LogP contribution in [0.2, 0.25) is 0 Å². The highest BCUT2D eigenvalue weighted by molar-refractivity contribution is 5.96. The van der Waals surface area contributed by atoms with Crippen molar-refractivity contribution in [3.63, 3.8) is 0 Å². The topological polar surface area (TPSA) is 43.1 Å². The van der Waals surface area contributed by atoms with Crippen LogP contribution in [0.15, 0.2) is 36.4 Å². The molecule has 78 valence electrons. The van der Waals surface area contributed by atoms with E-state index in [9.17, 15) is 4.79 Å². The molecule has 0 atom stereocenters. The van der Waals surface area contributed by atoms with Gasteiger partial charge in [0, 0.05) is 16.6 Å². The van der Waals surface area contributed by atoms with E-state index in [4.69, 9.17) is 5.73 Å². The summed E-state index contributed by atoms with van der Waals surface area (Å²) in [6.07, 6.45) is 1.06. The molecule has 2 aromatic carbocycles. The van der Waals surface area contributed by atoms with Crippen LogP contribution < -0.4 is 5.73 Å². The molecule has 2 rings (SSSR count). The lowest BCUT2D eigenvalue weighted by Crippen LogP contribution is -1.88. The number of carbonyl (C=O) groups is 1. The van der Waals surface area contributed by atoms with Crippen LogP contribution in [0.1, 0.15) is 12.0 Å². The molecule has 2 aromatic rings. The van der Waals surface area contributed by atoms with Gasteiger partial charge in [0.15, 0.2) is 0 Å². The Labute approximate surface area is 94.1 Å². The minimum absolute atomic E-state index is 0.263. The minimum atomic E-state index is 0.263. The predicted molar refractivity (Wildman–Crippen MR) is 65.9 cm³/mol. The lowest BCUT2D eigenvalue weighted by Gasteiger charge is -2.03. The highest BCUT2D eigenvalue weighted by Crippen LogP contribution is 2.23. The number of hydrogen-bond acceptors (Lipinski definition) is 2. The first-order valence-electron chi connectivity index (χ1n) is 5.02. The molecule has 0 heterocycles. The molecule has 0 aliphatic carbocycles. The number of benzene rings is 2. The molecule has 0 amide bonds. The van der Waals surface area contributed by atoms with E-state index in [0.717, 1.165) is 28.3 Å². The Morgan fingerprint density at radius 2 is 1.88 bits per heavy atom. The van der Waals surface area contributed by atoms with Gasteiger partial charge in [0.25, 0.3) is 0 Å². The lowest BCUT2D eigenvalue weighted by molar-refractivity contribution is -0.107. The first-order valence-corrected chi connectivity index (χ1v) is 5.02. The summed E-state index contributed by atoms with van der Waals surface area (Å²) in [5, 5.41) is 2.03. The molecule has 0 saturated heterocycles. The quantitative estimate of drug-likeness (QED) is 0.445. The van der Waals surface area contributed by atoms with Crippen LogP contribution in [0, 0.1) is 11.8 Å². The first kappa shape index (κ1) is 10.3. The number of nitrogens with two attached hydrogens (primary N) is 1. The maximum atomic E-state index is 10.2. The Bertz CT molecular complexity index is 590. The normalized spacial score (nSPS) is 9.50. The third-order valence-corrected chi connectivity index (χ3v) is 2.37. The molecule has 2 heteroatoms. The Balaban J connectivity index is 2.60. The molecule has 0 fully saturated rings. The summed E-state index contributed by atoms with van der Waals surface area (Å²) in [6.45, 7) is 0. The van der Waals surface area contributed by atoms with Crippen LogP contribution in [-0.2, 0) is 4.79 Å². The van der Waals surface area contributed by atoms with E-state index in [1.165, 1.54) is 0 Å². The van der Waals surface area contributed by atoms with E-state index in [-0.39, 0.29) is 6.42 Å². The van der Waals surface area contributed by atoms with Crippen LogP contribution >= 0.6 is 0 Å². The van der Waals surface area contributed by atoms with Gasteiger partial charge in [-0.1, -0.05) is 36.1 Å². The second-order valence-corrected chi connectivity index (χ2v) is 3.42. The summed E-state index contributed by atoms with van der Waals surface area (Å²) in [5.41, 5.74) is 7.53. The van der Waals surface area contributed by atoms with E-state index in [0.29, 0.717) is 0 Å². The van der Waals surface area contributed by atoms with Crippen molar-refractivity contribution in [2.24, 2.45) is 0 Å². The molecule has 0 aromatic heterocycles. The van der Waals surface area contributed by atoms with Gasteiger partial charge in [0.1, 0.15) is 6.29 Å². The van der Waals surface area contributed by atoms with Gasteiger partial charge in [-0.25, -0.2) is 0 Å². The largest absolute Gasteiger partial charge is 0.398 e. The molecule has 2 N–H and O–H groups in total. The van der Waals surface area contributed by atoms with Crippen LogP contribution in [-0.4, -0.2) is 6.29 Å². The third kappa shape index (κ3) is 1.89. The van der Waals surface area contributed by atoms with Gasteiger partial charge in [-0.05, 0) is 17.5 Å². The number of aldehydes is 1.